The molecule has 0 saturated carbocycles. The highest BCUT2D eigenvalue weighted by Crippen LogP contribution is 2.09. The van der Waals surface area contributed by atoms with Crippen LogP contribution in [-0.4, -0.2) is 28.3 Å². The van der Waals surface area contributed by atoms with Gasteiger partial charge in [-0.2, -0.15) is 0 Å². The molecule has 1 aromatic carbocycles. The first-order valence-corrected chi connectivity index (χ1v) is 5.27. The highest BCUT2D eigenvalue weighted by Gasteiger charge is 2.11. The fourth-order valence-corrected chi connectivity index (χ4v) is 1.49. The van der Waals surface area contributed by atoms with E-state index in [0.29, 0.717) is 12.0 Å². The molecule has 2 unspecified atom stereocenters. The van der Waals surface area contributed by atoms with Crippen molar-refractivity contribution in [1.82, 2.24) is 5.32 Å². The number of hydrogen-bond acceptors (Lipinski definition) is 3. The molecule has 0 aliphatic carbocycles. The van der Waals surface area contributed by atoms with Crippen molar-refractivity contribution in [2.75, 3.05) is 0 Å². The predicted molar refractivity (Wildman–Crippen MR) is 61.3 cm³/mol. The van der Waals surface area contributed by atoms with Gasteiger partial charge in [-0.25, -0.2) is 0 Å². The van der Waals surface area contributed by atoms with E-state index in [1.165, 1.54) is 12.1 Å². The number of carbonyl (C=O) groups is 1. The number of hydrogen-bond donors (Lipinski definition) is 3. The number of carbonyl (C=O) groups excluding carboxylic acids is 1. The Labute approximate surface area is 94.9 Å². The third-order valence-corrected chi connectivity index (χ3v) is 2.20. The summed E-state index contributed by atoms with van der Waals surface area (Å²) in [4.78, 5) is 11.7. The summed E-state index contributed by atoms with van der Waals surface area (Å²) in [6.45, 7) is 3.52. The van der Waals surface area contributed by atoms with Gasteiger partial charge in [-0.1, -0.05) is 0 Å². The zero-order chi connectivity index (χ0) is 12.1. The van der Waals surface area contributed by atoms with Crippen LogP contribution in [0.5, 0.6) is 5.75 Å². The Bertz CT molecular complexity index is 346. The monoisotopic (exact) mass is 223 g/mol. The largest absolute Gasteiger partial charge is 0.508 e. The summed E-state index contributed by atoms with van der Waals surface area (Å²) in [5.74, 6) is -0.0678. The summed E-state index contributed by atoms with van der Waals surface area (Å²) in [7, 11) is 0. The minimum atomic E-state index is -0.435. The van der Waals surface area contributed by atoms with Gasteiger partial charge in [-0.3, -0.25) is 4.79 Å². The molecule has 1 aromatic rings. The van der Waals surface area contributed by atoms with Crippen LogP contribution in [0.2, 0.25) is 0 Å². The average molecular weight is 223 g/mol. The molecule has 0 aliphatic heterocycles. The van der Waals surface area contributed by atoms with Crippen molar-refractivity contribution >= 4 is 5.91 Å². The van der Waals surface area contributed by atoms with Crippen molar-refractivity contribution in [2.45, 2.75) is 32.4 Å². The minimum absolute atomic E-state index is 0.0821. The van der Waals surface area contributed by atoms with E-state index >= 15 is 0 Å². The first-order chi connectivity index (χ1) is 7.49. The van der Waals surface area contributed by atoms with Gasteiger partial charge >= 0.3 is 0 Å². The zero-order valence-electron chi connectivity index (χ0n) is 9.47. The van der Waals surface area contributed by atoms with E-state index in [1.54, 1.807) is 19.1 Å². The lowest BCUT2D eigenvalue weighted by Crippen LogP contribution is -2.34. The van der Waals surface area contributed by atoms with Crippen molar-refractivity contribution in [1.29, 1.82) is 0 Å². The first-order valence-electron chi connectivity index (χ1n) is 5.27. The van der Waals surface area contributed by atoms with E-state index in [2.05, 4.69) is 5.32 Å². The van der Waals surface area contributed by atoms with Gasteiger partial charge in [0.2, 0.25) is 0 Å². The summed E-state index contributed by atoms with van der Waals surface area (Å²) in [6.07, 6.45) is 0.0826. The van der Waals surface area contributed by atoms with E-state index in [-0.39, 0.29) is 17.7 Å². The SMILES string of the molecule is CC(O)CC(C)NC(=O)c1ccc(O)cc1. The van der Waals surface area contributed by atoms with Crippen LogP contribution >= 0.6 is 0 Å². The van der Waals surface area contributed by atoms with E-state index in [4.69, 9.17) is 10.2 Å². The molecule has 4 heteroatoms. The van der Waals surface area contributed by atoms with Gasteiger partial charge < -0.3 is 15.5 Å². The van der Waals surface area contributed by atoms with Crippen molar-refractivity contribution in [2.24, 2.45) is 0 Å². The summed E-state index contributed by atoms with van der Waals surface area (Å²) in [5.41, 5.74) is 0.496. The third-order valence-electron chi connectivity index (χ3n) is 2.20. The Kier molecular flexibility index (Phi) is 4.31. The van der Waals surface area contributed by atoms with Crippen molar-refractivity contribution in [3.05, 3.63) is 29.8 Å². The fourth-order valence-electron chi connectivity index (χ4n) is 1.49. The van der Waals surface area contributed by atoms with Gasteiger partial charge in [0, 0.05) is 11.6 Å². The Morgan fingerprint density at radius 2 is 1.88 bits per heavy atom. The second-order valence-electron chi connectivity index (χ2n) is 4.01. The number of phenolic OH excluding ortho intramolecular Hbond substituents is 1. The van der Waals surface area contributed by atoms with Crippen molar-refractivity contribution < 1.29 is 15.0 Å². The number of aromatic hydroxyl groups is 1. The molecule has 0 spiro atoms. The highest BCUT2D eigenvalue weighted by atomic mass is 16.3. The van der Waals surface area contributed by atoms with Crippen LogP contribution in [0.1, 0.15) is 30.6 Å². The lowest BCUT2D eigenvalue weighted by atomic mass is 10.1. The van der Waals surface area contributed by atoms with Crippen LogP contribution in [-0.2, 0) is 0 Å². The second kappa shape index (κ2) is 5.51. The van der Waals surface area contributed by atoms with Gasteiger partial charge in [0.15, 0.2) is 0 Å². The number of aliphatic hydroxyl groups is 1. The van der Waals surface area contributed by atoms with Gasteiger partial charge in [0.1, 0.15) is 5.75 Å². The van der Waals surface area contributed by atoms with Gasteiger partial charge in [0.25, 0.3) is 5.91 Å². The predicted octanol–water partition coefficient (Wildman–Crippen LogP) is 1.28. The normalized spacial score (nSPS) is 14.2. The topological polar surface area (TPSA) is 69.6 Å². The van der Waals surface area contributed by atoms with E-state index in [0.717, 1.165) is 0 Å². The molecule has 16 heavy (non-hydrogen) atoms. The minimum Gasteiger partial charge on any atom is -0.508 e. The van der Waals surface area contributed by atoms with Crippen LogP contribution in [0, 0.1) is 0 Å². The number of benzene rings is 1. The standard InChI is InChI=1S/C12H17NO3/c1-8(7-9(2)14)13-12(16)10-3-5-11(15)6-4-10/h3-6,8-9,14-15H,7H2,1-2H3,(H,13,16). The number of nitrogens with one attached hydrogen (secondary N) is 1. The molecule has 4 nitrogen and oxygen atoms in total. The first kappa shape index (κ1) is 12.5. The van der Waals surface area contributed by atoms with Crippen LogP contribution < -0.4 is 5.32 Å². The summed E-state index contributed by atoms with van der Waals surface area (Å²) in [5, 5.41) is 21.0. The smallest absolute Gasteiger partial charge is 0.251 e. The van der Waals surface area contributed by atoms with Crippen molar-refractivity contribution in [3.63, 3.8) is 0 Å². The molecule has 0 heterocycles. The average Bonchev–Trinajstić information content (AvgIpc) is 2.16. The lowest BCUT2D eigenvalue weighted by Gasteiger charge is -2.15. The molecule has 0 bridgehead atoms. The summed E-state index contributed by atoms with van der Waals surface area (Å²) in [6, 6.07) is 5.96. The van der Waals surface area contributed by atoms with Crippen LogP contribution in [0.25, 0.3) is 0 Å². The molecule has 0 saturated heterocycles. The van der Waals surface area contributed by atoms with E-state index in [1.807, 2.05) is 6.92 Å². The van der Waals surface area contributed by atoms with Gasteiger partial charge in [-0.05, 0) is 44.5 Å². The molecule has 0 aliphatic rings. The van der Waals surface area contributed by atoms with E-state index in [9.17, 15) is 4.79 Å². The quantitative estimate of drug-likeness (QED) is 0.720. The molecule has 2 atom stereocenters. The Morgan fingerprint density at radius 3 is 2.38 bits per heavy atom. The lowest BCUT2D eigenvalue weighted by molar-refractivity contribution is 0.0923. The highest BCUT2D eigenvalue weighted by molar-refractivity contribution is 5.94. The van der Waals surface area contributed by atoms with Crippen molar-refractivity contribution in [3.8, 4) is 5.75 Å². The number of amides is 1. The fraction of sp³-hybridized carbons (Fsp3) is 0.417. The second-order valence-corrected chi connectivity index (χ2v) is 4.01. The maximum Gasteiger partial charge on any atom is 0.251 e. The van der Waals surface area contributed by atoms with Crippen LogP contribution in [0.15, 0.2) is 24.3 Å². The van der Waals surface area contributed by atoms with Crippen LogP contribution in [0.4, 0.5) is 0 Å². The third kappa shape index (κ3) is 3.90. The van der Waals surface area contributed by atoms with Crippen LogP contribution in [0.3, 0.4) is 0 Å². The maximum atomic E-state index is 11.7. The molecule has 0 fully saturated rings. The molecule has 1 rings (SSSR count). The number of aliphatic hydroxyl groups excluding tert-OH is 1. The summed E-state index contributed by atoms with van der Waals surface area (Å²) < 4.78 is 0. The van der Waals surface area contributed by atoms with Gasteiger partial charge in [0.05, 0.1) is 6.10 Å². The molecule has 0 aromatic heterocycles. The number of phenols is 1. The van der Waals surface area contributed by atoms with E-state index < -0.39 is 6.10 Å². The zero-order valence-corrected chi connectivity index (χ0v) is 9.47. The Hall–Kier alpha value is -1.55. The molecule has 1 amide bonds. The molecule has 88 valence electrons. The molecular weight excluding hydrogens is 206 g/mol. The number of rotatable bonds is 4. The Morgan fingerprint density at radius 1 is 1.31 bits per heavy atom. The molecule has 3 N–H and O–H groups in total. The molecule has 0 radical (unpaired) electrons. The van der Waals surface area contributed by atoms with Gasteiger partial charge in [-0.15, -0.1) is 0 Å². The molecular formula is C12H17NO3. The maximum absolute atomic E-state index is 11.7. The summed E-state index contributed by atoms with van der Waals surface area (Å²) >= 11 is 0. The Balaban J connectivity index is 2.55.